The molecule has 164 valence electrons. The molecule has 1 aliphatic heterocycles. The van der Waals surface area contributed by atoms with E-state index in [1.165, 1.54) is 5.56 Å². The van der Waals surface area contributed by atoms with Gasteiger partial charge in [0, 0.05) is 24.6 Å². The van der Waals surface area contributed by atoms with E-state index in [4.69, 9.17) is 18.9 Å². The largest absolute Gasteiger partial charge is 0.497 e. The lowest BCUT2D eigenvalue weighted by molar-refractivity contribution is 0.131. The molecule has 0 radical (unpaired) electrons. The van der Waals surface area contributed by atoms with Gasteiger partial charge in [0.2, 0.25) is 0 Å². The number of hydrogen-bond acceptors (Lipinski definition) is 5. The van der Waals surface area contributed by atoms with Crippen LogP contribution in [-0.2, 0) is 17.8 Å². The molecule has 31 heavy (non-hydrogen) atoms. The first-order valence-electron chi connectivity index (χ1n) is 11.2. The molecule has 1 saturated heterocycles. The first-order valence-corrected chi connectivity index (χ1v) is 11.2. The lowest BCUT2D eigenvalue weighted by atomic mass is 9.96. The van der Waals surface area contributed by atoms with Crippen LogP contribution in [0.15, 0.2) is 59.0 Å². The number of oxazole rings is 1. The zero-order valence-electron chi connectivity index (χ0n) is 18.5. The van der Waals surface area contributed by atoms with E-state index < -0.39 is 0 Å². The molecule has 1 aliphatic rings. The number of methoxy groups -OCH3 is 1. The van der Waals surface area contributed by atoms with Crippen LogP contribution in [-0.4, -0.2) is 43.2 Å². The SMILES string of the molecule is CCOCc1nc(C2CCN(CCc3ccc(OC)cc3)CC2)oc1-c1ccccc1. The highest BCUT2D eigenvalue weighted by Crippen LogP contribution is 2.33. The molecule has 1 fully saturated rings. The van der Waals surface area contributed by atoms with Crippen molar-refractivity contribution in [3.8, 4) is 17.1 Å². The quantitative estimate of drug-likeness (QED) is 0.470. The molecule has 3 aromatic rings. The highest BCUT2D eigenvalue weighted by molar-refractivity contribution is 5.59. The Labute approximate surface area is 185 Å². The summed E-state index contributed by atoms with van der Waals surface area (Å²) in [5.74, 6) is 3.00. The van der Waals surface area contributed by atoms with Crippen LogP contribution >= 0.6 is 0 Å². The van der Waals surface area contributed by atoms with Gasteiger partial charge in [0.05, 0.1) is 13.7 Å². The van der Waals surface area contributed by atoms with E-state index in [-0.39, 0.29) is 0 Å². The highest BCUT2D eigenvalue weighted by Gasteiger charge is 2.26. The Morgan fingerprint density at radius 1 is 1.03 bits per heavy atom. The highest BCUT2D eigenvalue weighted by atomic mass is 16.5. The Balaban J connectivity index is 1.36. The Morgan fingerprint density at radius 3 is 2.45 bits per heavy atom. The van der Waals surface area contributed by atoms with Crippen molar-refractivity contribution in [2.45, 2.75) is 38.7 Å². The Hall–Kier alpha value is -2.63. The van der Waals surface area contributed by atoms with E-state index in [2.05, 4.69) is 29.2 Å². The van der Waals surface area contributed by atoms with E-state index in [1.807, 2.05) is 37.3 Å². The predicted octanol–water partition coefficient (Wildman–Crippen LogP) is 5.31. The van der Waals surface area contributed by atoms with Crippen LogP contribution in [0.3, 0.4) is 0 Å². The van der Waals surface area contributed by atoms with Crippen molar-refractivity contribution >= 4 is 0 Å². The predicted molar refractivity (Wildman–Crippen MR) is 122 cm³/mol. The van der Waals surface area contributed by atoms with Gasteiger partial charge in [-0.25, -0.2) is 4.98 Å². The van der Waals surface area contributed by atoms with Gasteiger partial charge in [-0.05, 0) is 57.0 Å². The van der Waals surface area contributed by atoms with Crippen LogP contribution < -0.4 is 4.74 Å². The van der Waals surface area contributed by atoms with Crippen molar-refractivity contribution in [1.29, 1.82) is 0 Å². The summed E-state index contributed by atoms with van der Waals surface area (Å²) in [7, 11) is 1.70. The maximum atomic E-state index is 6.30. The van der Waals surface area contributed by atoms with E-state index in [0.717, 1.165) is 67.6 Å². The zero-order valence-corrected chi connectivity index (χ0v) is 18.5. The van der Waals surface area contributed by atoms with Crippen molar-refractivity contribution in [2.75, 3.05) is 33.4 Å². The number of benzene rings is 2. The smallest absolute Gasteiger partial charge is 0.198 e. The van der Waals surface area contributed by atoms with Gasteiger partial charge >= 0.3 is 0 Å². The minimum absolute atomic E-state index is 0.370. The summed E-state index contributed by atoms with van der Waals surface area (Å²) in [5, 5.41) is 0. The fraction of sp³-hybridized carbons (Fsp3) is 0.423. The van der Waals surface area contributed by atoms with E-state index >= 15 is 0 Å². The van der Waals surface area contributed by atoms with Crippen molar-refractivity contribution in [3.63, 3.8) is 0 Å². The maximum absolute atomic E-state index is 6.30. The molecule has 4 rings (SSSR count). The summed E-state index contributed by atoms with van der Waals surface area (Å²) >= 11 is 0. The summed E-state index contributed by atoms with van der Waals surface area (Å²) < 4.78 is 17.2. The van der Waals surface area contributed by atoms with Gasteiger partial charge < -0.3 is 18.8 Å². The number of aromatic nitrogens is 1. The second kappa shape index (κ2) is 10.6. The molecule has 0 bridgehead atoms. The van der Waals surface area contributed by atoms with Gasteiger partial charge in [0.15, 0.2) is 11.7 Å². The minimum atomic E-state index is 0.370. The van der Waals surface area contributed by atoms with Gasteiger partial charge in [-0.1, -0.05) is 42.5 Å². The molecular formula is C26H32N2O3. The molecule has 0 amide bonds. The first-order chi connectivity index (χ1) is 15.3. The van der Waals surface area contributed by atoms with Crippen molar-refractivity contribution < 1.29 is 13.9 Å². The molecule has 0 atom stereocenters. The van der Waals surface area contributed by atoms with E-state index in [9.17, 15) is 0 Å². The molecule has 2 heterocycles. The average molecular weight is 421 g/mol. The normalized spacial score (nSPS) is 15.3. The van der Waals surface area contributed by atoms with Crippen LogP contribution in [0.25, 0.3) is 11.3 Å². The second-order valence-electron chi connectivity index (χ2n) is 8.05. The fourth-order valence-corrected chi connectivity index (χ4v) is 4.14. The molecule has 0 N–H and O–H groups in total. The minimum Gasteiger partial charge on any atom is -0.497 e. The number of piperidine rings is 1. The van der Waals surface area contributed by atoms with Crippen LogP contribution in [0, 0.1) is 0 Å². The van der Waals surface area contributed by atoms with Gasteiger partial charge in [-0.15, -0.1) is 0 Å². The number of nitrogens with zero attached hydrogens (tertiary/aromatic N) is 2. The fourth-order valence-electron chi connectivity index (χ4n) is 4.14. The molecule has 2 aromatic carbocycles. The molecule has 0 unspecified atom stereocenters. The van der Waals surface area contributed by atoms with Crippen LogP contribution in [0.5, 0.6) is 5.75 Å². The molecular weight excluding hydrogens is 388 g/mol. The number of likely N-dealkylation sites (tertiary alicyclic amines) is 1. The third-order valence-electron chi connectivity index (χ3n) is 6.01. The van der Waals surface area contributed by atoms with Gasteiger partial charge in [0.25, 0.3) is 0 Å². The monoisotopic (exact) mass is 420 g/mol. The summed E-state index contributed by atoms with van der Waals surface area (Å²) in [6.45, 7) is 6.39. The van der Waals surface area contributed by atoms with E-state index in [1.54, 1.807) is 7.11 Å². The Morgan fingerprint density at radius 2 is 1.77 bits per heavy atom. The topological polar surface area (TPSA) is 47.7 Å². The molecule has 0 saturated carbocycles. The lowest BCUT2D eigenvalue weighted by Crippen LogP contribution is -2.34. The average Bonchev–Trinajstić information content (AvgIpc) is 3.27. The van der Waals surface area contributed by atoms with Gasteiger partial charge in [-0.3, -0.25) is 0 Å². The van der Waals surface area contributed by atoms with E-state index in [0.29, 0.717) is 19.1 Å². The first kappa shape index (κ1) is 21.6. The van der Waals surface area contributed by atoms with Gasteiger partial charge in [0.1, 0.15) is 11.4 Å². The Bertz CT molecular complexity index is 929. The summed E-state index contributed by atoms with van der Waals surface area (Å²) in [4.78, 5) is 7.41. The van der Waals surface area contributed by atoms with Crippen LogP contribution in [0.1, 0.15) is 42.8 Å². The third kappa shape index (κ3) is 5.54. The molecule has 1 aromatic heterocycles. The van der Waals surface area contributed by atoms with Crippen LogP contribution in [0.4, 0.5) is 0 Å². The van der Waals surface area contributed by atoms with Crippen molar-refractivity contribution in [1.82, 2.24) is 9.88 Å². The standard InChI is InChI=1S/C26H32N2O3/c1-3-30-19-24-25(21-7-5-4-6-8-21)31-26(27-24)22-14-17-28(18-15-22)16-13-20-9-11-23(29-2)12-10-20/h4-12,22H,3,13-19H2,1-2H3. The number of hydrogen-bond donors (Lipinski definition) is 0. The molecule has 5 nitrogen and oxygen atoms in total. The summed E-state index contributed by atoms with van der Waals surface area (Å²) in [5.41, 5.74) is 3.32. The Kier molecular flexibility index (Phi) is 7.39. The summed E-state index contributed by atoms with van der Waals surface area (Å²) in [6.07, 6.45) is 3.21. The lowest BCUT2D eigenvalue weighted by Gasteiger charge is -2.30. The second-order valence-corrected chi connectivity index (χ2v) is 8.05. The molecule has 0 aliphatic carbocycles. The molecule has 5 heteroatoms. The van der Waals surface area contributed by atoms with Crippen molar-refractivity contribution in [3.05, 3.63) is 71.7 Å². The van der Waals surface area contributed by atoms with Gasteiger partial charge in [-0.2, -0.15) is 0 Å². The summed E-state index contributed by atoms with van der Waals surface area (Å²) in [6, 6.07) is 18.6. The number of rotatable bonds is 9. The zero-order chi connectivity index (χ0) is 21.5. The maximum Gasteiger partial charge on any atom is 0.198 e. The van der Waals surface area contributed by atoms with Crippen molar-refractivity contribution in [2.24, 2.45) is 0 Å². The third-order valence-corrected chi connectivity index (χ3v) is 6.01. The van der Waals surface area contributed by atoms with Crippen LogP contribution in [0.2, 0.25) is 0 Å². The number of ether oxygens (including phenoxy) is 2. The molecule has 0 spiro atoms.